The molecule has 0 fully saturated rings. The Bertz CT molecular complexity index is 806. The SMILES string of the molecule is O=C(CCCOc1ccccc1)NCCc1nnc(-c2ccccn2)o1. The van der Waals surface area contributed by atoms with Gasteiger partial charge in [-0.2, -0.15) is 0 Å². The van der Waals surface area contributed by atoms with Crippen molar-refractivity contribution in [2.24, 2.45) is 0 Å². The summed E-state index contributed by atoms with van der Waals surface area (Å²) in [6.45, 7) is 0.955. The van der Waals surface area contributed by atoms with E-state index in [0.717, 1.165) is 5.75 Å². The summed E-state index contributed by atoms with van der Waals surface area (Å²) < 4.78 is 11.1. The number of ether oxygens (including phenoxy) is 1. The molecule has 1 aromatic carbocycles. The first-order valence-electron chi connectivity index (χ1n) is 8.49. The van der Waals surface area contributed by atoms with Crippen LogP contribution in [0.15, 0.2) is 59.1 Å². The second-order valence-corrected chi connectivity index (χ2v) is 5.58. The summed E-state index contributed by atoms with van der Waals surface area (Å²) >= 11 is 0. The quantitative estimate of drug-likeness (QED) is 0.596. The highest BCUT2D eigenvalue weighted by molar-refractivity contribution is 5.75. The first-order chi connectivity index (χ1) is 12.8. The van der Waals surface area contributed by atoms with Gasteiger partial charge in [-0.25, -0.2) is 0 Å². The van der Waals surface area contributed by atoms with Crippen molar-refractivity contribution >= 4 is 5.91 Å². The molecule has 0 aliphatic carbocycles. The minimum absolute atomic E-state index is 0.0221. The Balaban J connectivity index is 1.32. The molecule has 3 rings (SSSR count). The van der Waals surface area contributed by atoms with Gasteiger partial charge in [-0.1, -0.05) is 24.3 Å². The molecule has 3 aromatic rings. The molecule has 0 aliphatic heterocycles. The van der Waals surface area contributed by atoms with Crippen LogP contribution in [-0.2, 0) is 11.2 Å². The molecule has 0 bridgehead atoms. The zero-order chi connectivity index (χ0) is 18.0. The molecule has 26 heavy (non-hydrogen) atoms. The third kappa shape index (κ3) is 5.41. The lowest BCUT2D eigenvalue weighted by Gasteiger charge is -2.06. The third-order valence-electron chi connectivity index (χ3n) is 3.57. The van der Waals surface area contributed by atoms with E-state index in [4.69, 9.17) is 9.15 Å². The van der Waals surface area contributed by atoms with E-state index in [9.17, 15) is 4.79 Å². The van der Waals surface area contributed by atoms with Gasteiger partial charge in [0.2, 0.25) is 11.8 Å². The van der Waals surface area contributed by atoms with E-state index < -0.39 is 0 Å². The fourth-order valence-electron chi connectivity index (χ4n) is 2.28. The highest BCUT2D eigenvalue weighted by Gasteiger charge is 2.09. The molecule has 0 unspecified atom stereocenters. The van der Waals surface area contributed by atoms with Crippen molar-refractivity contribution in [3.63, 3.8) is 0 Å². The number of hydrogen-bond donors (Lipinski definition) is 1. The zero-order valence-electron chi connectivity index (χ0n) is 14.3. The summed E-state index contributed by atoms with van der Waals surface area (Å²) in [6, 6.07) is 15.0. The predicted octanol–water partition coefficient (Wildman–Crippen LogP) is 2.65. The lowest BCUT2D eigenvalue weighted by atomic mass is 10.3. The number of aromatic nitrogens is 3. The number of benzene rings is 1. The van der Waals surface area contributed by atoms with Gasteiger partial charge >= 0.3 is 0 Å². The Morgan fingerprint density at radius 1 is 1.08 bits per heavy atom. The van der Waals surface area contributed by atoms with Crippen LogP contribution in [0.25, 0.3) is 11.6 Å². The number of nitrogens with zero attached hydrogens (tertiary/aromatic N) is 3. The van der Waals surface area contributed by atoms with Gasteiger partial charge in [0.15, 0.2) is 0 Å². The second-order valence-electron chi connectivity index (χ2n) is 5.58. The number of hydrogen-bond acceptors (Lipinski definition) is 6. The van der Waals surface area contributed by atoms with Crippen molar-refractivity contribution in [1.82, 2.24) is 20.5 Å². The van der Waals surface area contributed by atoms with Crippen LogP contribution in [0.4, 0.5) is 0 Å². The molecule has 0 aliphatic rings. The predicted molar refractivity (Wildman–Crippen MR) is 95.4 cm³/mol. The van der Waals surface area contributed by atoms with Gasteiger partial charge in [-0.15, -0.1) is 10.2 Å². The van der Waals surface area contributed by atoms with Crippen LogP contribution in [-0.4, -0.2) is 34.2 Å². The molecule has 2 aromatic heterocycles. The van der Waals surface area contributed by atoms with Crippen LogP contribution in [0.1, 0.15) is 18.7 Å². The van der Waals surface area contributed by atoms with Crippen molar-refractivity contribution in [2.45, 2.75) is 19.3 Å². The number of carbonyl (C=O) groups is 1. The van der Waals surface area contributed by atoms with Crippen LogP contribution in [0.5, 0.6) is 5.75 Å². The molecule has 0 radical (unpaired) electrons. The maximum Gasteiger partial charge on any atom is 0.266 e. The lowest BCUT2D eigenvalue weighted by Crippen LogP contribution is -2.25. The van der Waals surface area contributed by atoms with Gasteiger partial charge in [0, 0.05) is 25.6 Å². The minimum Gasteiger partial charge on any atom is -0.494 e. The second kappa shape index (κ2) is 9.31. The van der Waals surface area contributed by atoms with E-state index in [0.29, 0.717) is 49.9 Å². The Hall–Kier alpha value is -3.22. The van der Waals surface area contributed by atoms with E-state index >= 15 is 0 Å². The molecular formula is C19H20N4O3. The number of carbonyl (C=O) groups excluding carboxylic acids is 1. The maximum atomic E-state index is 11.8. The van der Waals surface area contributed by atoms with E-state index in [1.165, 1.54) is 0 Å². The summed E-state index contributed by atoms with van der Waals surface area (Å²) in [6.07, 6.45) is 3.22. The molecule has 1 N–H and O–H groups in total. The molecule has 0 atom stereocenters. The Morgan fingerprint density at radius 2 is 1.92 bits per heavy atom. The van der Waals surface area contributed by atoms with Crippen LogP contribution >= 0.6 is 0 Å². The smallest absolute Gasteiger partial charge is 0.266 e. The summed E-state index contributed by atoms with van der Waals surface area (Å²) in [5, 5.41) is 10.8. The van der Waals surface area contributed by atoms with Gasteiger partial charge in [0.1, 0.15) is 11.4 Å². The molecule has 7 heteroatoms. The molecule has 1 amide bonds. The van der Waals surface area contributed by atoms with Crippen LogP contribution in [0.2, 0.25) is 0 Å². The molecular weight excluding hydrogens is 332 g/mol. The average Bonchev–Trinajstić information content (AvgIpc) is 3.16. The first-order valence-corrected chi connectivity index (χ1v) is 8.49. The van der Waals surface area contributed by atoms with Crippen molar-refractivity contribution < 1.29 is 13.9 Å². The van der Waals surface area contributed by atoms with Crippen molar-refractivity contribution in [1.29, 1.82) is 0 Å². The fraction of sp³-hybridized carbons (Fsp3) is 0.263. The van der Waals surface area contributed by atoms with Gasteiger partial charge in [0.05, 0.1) is 6.61 Å². The van der Waals surface area contributed by atoms with E-state index in [2.05, 4.69) is 20.5 Å². The van der Waals surface area contributed by atoms with Gasteiger partial charge in [0.25, 0.3) is 5.89 Å². The molecule has 0 saturated heterocycles. The maximum absolute atomic E-state index is 11.8. The fourth-order valence-corrected chi connectivity index (χ4v) is 2.28. The molecule has 134 valence electrons. The number of nitrogens with one attached hydrogen (secondary N) is 1. The van der Waals surface area contributed by atoms with Gasteiger partial charge in [-0.3, -0.25) is 9.78 Å². The number of rotatable bonds is 9. The van der Waals surface area contributed by atoms with Crippen molar-refractivity contribution in [3.05, 3.63) is 60.6 Å². The Labute approximate surface area is 151 Å². The summed E-state index contributed by atoms with van der Waals surface area (Å²) in [4.78, 5) is 16.0. The zero-order valence-corrected chi connectivity index (χ0v) is 14.3. The standard InChI is InChI=1S/C19H20N4O3/c24-17(10-6-14-25-15-7-2-1-3-8-15)21-13-11-18-22-23-19(26-18)16-9-4-5-12-20-16/h1-5,7-9,12H,6,10-11,13-14H2,(H,21,24). The molecule has 0 spiro atoms. The van der Waals surface area contributed by atoms with Crippen LogP contribution < -0.4 is 10.1 Å². The van der Waals surface area contributed by atoms with Crippen molar-refractivity contribution in [3.8, 4) is 17.3 Å². The summed E-state index contributed by atoms with van der Waals surface area (Å²) in [5.41, 5.74) is 0.633. The summed E-state index contributed by atoms with van der Waals surface area (Å²) in [5.74, 6) is 1.64. The summed E-state index contributed by atoms with van der Waals surface area (Å²) in [7, 11) is 0. The highest BCUT2D eigenvalue weighted by Crippen LogP contribution is 2.14. The normalized spacial score (nSPS) is 10.5. The lowest BCUT2D eigenvalue weighted by molar-refractivity contribution is -0.121. The van der Waals surface area contributed by atoms with E-state index in [-0.39, 0.29) is 5.91 Å². The number of para-hydroxylation sites is 1. The van der Waals surface area contributed by atoms with Crippen LogP contribution in [0.3, 0.4) is 0 Å². The van der Waals surface area contributed by atoms with Crippen molar-refractivity contribution in [2.75, 3.05) is 13.2 Å². The third-order valence-corrected chi connectivity index (χ3v) is 3.57. The Morgan fingerprint density at radius 3 is 2.73 bits per heavy atom. The van der Waals surface area contributed by atoms with Gasteiger partial charge in [-0.05, 0) is 30.7 Å². The van der Waals surface area contributed by atoms with E-state index in [1.54, 1.807) is 12.3 Å². The largest absolute Gasteiger partial charge is 0.494 e. The Kier molecular flexibility index (Phi) is 6.30. The molecule has 2 heterocycles. The molecule has 7 nitrogen and oxygen atoms in total. The van der Waals surface area contributed by atoms with E-state index in [1.807, 2.05) is 42.5 Å². The topological polar surface area (TPSA) is 90.1 Å². The highest BCUT2D eigenvalue weighted by atomic mass is 16.5. The van der Waals surface area contributed by atoms with Crippen LogP contribution in [0, 0.1) is 0 Å². The van der Waals surface area contributed by atoms with Gasteiger partial charge < -0.3 is 14.5 Å². The number of amides is 1. The number of pyridine rings is 1. The molecule has 0 saturated carbocycles. The minimum atomic E-state index is -0.0221. The average molecular weight is 352 g/mol. The first kappa shape index (κ1) is 17.6. The monoisotopic (exact) mass is 352 g/mol.